The molecule has 1 aliphatic rings. The van der Waals surface area contributed by atoms with Crippen LogP contribution in [-0.4, -0.2) is 11.7 Å². The summed E-state index contributed by atoms with van der Waals surface area (Å²) < 4.78 is 25.6. The van der Waals surface area contributed by atoms with Gasteiger partial charge in [0.25, 0.3) is 0 Å². The van der Waals surface area contributed by atoms with Gasteiger partial charge in [-0.15, -0.1) is 0 Å². The summed E-state index contributed by atoms with van der Waals surface area (Å²) >= 11 is 0. The largest absolute Gasteiger partial charge is 0.300 e. The van der Waals surface area contributed by atoms with Crippen molar-refractivity contribution in [2.24, 2.45) is 5.41 Å². The maximum absolute atomic E-state index is 12.8. The number of rotatable bonds is 2. The molecule has 72 valence electrons. The van der Waals surface area contributed by atoms with Gasteiger partial charge in [-0.3, -0.25) is 4.79 Å². The Morgan fingerprint density at radius 1 is 1.54 bits per heavy atom. The molecule has 1 aliphatic carbocycles. The van der Waals surface area contributed by atoms with Crippen molar-refractivity contribution < 1.29 is 13.6 Å². The fourth-order valence-electron chi connectivity index (χ4n) is 1.86. The fourth-order valence-corrected chi connectivity index (χ4v) is 1.86. The second-order valence-corrected chi connectivity index (χ2v) is 3.80. The molecule has 0 amide bonds. The lowest BCUT2D eigenvalue weighted by Gasteiger charge is -2.18. The van der Waals surface area contributed by atoms with E-state index in [-0.39, 0.29) is 25.0 Å². The molecule has 1 rings (SSSR count). The van der Waals surface area contributed by atoms with Crippen LogP contribution in [0.25, 0.3) is 0 Å². The van der Waals surface area contributed by atoms with Gasteiger partial charge in [-0.2, -0.15) is 5.26 Å². The quantitative estimate of drug-likeness (QED) is 0.665. The van der Waals surface area contributed by atoms with E-state index < -0.39 is 17.8 Å². The number of nitrogens with zero attached hydrogens (tertiary/aromatic N) is 1. The molecule has 0 heterocycles. The maximum atomic E-state index is 12.8. The van der Waals surface area contributed by atoms with Crippen LogP contribution in [0, 0.1) is 16.7 Å². The van der Waals surface area contributed by atoms with Gasteiger partial charge in [0.1, 0.15) is 5.78 Å². The third-order valence-corrected chi connectivity index (χ3v) is 2.39. The van der Waals surface area contributed by atoms with Gasteiger partial charge in [-0.05, 0) is 13.3 Å². The van der Waals surface area contributed by atoms with Gasteiger partial charge in [0.15, 0.2) is 0 Å². The Balaban J connectivity index is 2.76. The molecule has 0 aromatic carbocycles. The first-order chi connectivity index (χ1) is 5.89. The van der Waals surface area contributed by atoms with Crippen LogP contribution in [0.3, 0.4) is 0 Å². The minimum Gasteiger partial charge on any atom is -0.300 e. The Morgan fingerprint density at radius 2 is 2.15 bits per heavy atom. The zero-order valence-corrected chi connectivity index (χ0v) is 7.44. The lowest BCUT2D eigenvalue weighted by Crippen LogP contribution is -2.21. The van der Waals surface area contributed by atoms with Gasteiger partial charge in [0.2, 0.25) is 5.92 Å². The molecule has 1 saturated carbocycles. The highest BCUT2D eigenvalue weighted by Crippen LogP contribution is 2.48. The van der Waals surface area contributed by atoms with Crippen LogP contribution >= 0.6 is 0 Å². The maximum Gasteiger partial charge on any atom is 0.249 e. The SMILES string of the molecule is CC(=O)CC1(C#N)CCC(F)(F)C1. The molecule has 0 bridgehead atoms. The van der Waals surface area contributed by atoms with E-state index in [9.17, 15) is 13.6 Å². The van der Waals surface area contributed by atoms with E-state index in [1.54, 1.807) is 0 Å². The van der Waals surface area contributed by atoms with Crippen LogP contribution in [0.4, 0.5) is 8.78 Å². The van der Waals surface area contributed by atoms with Crippen molar-refractivity contribution in [3.05, 3.63) is 0 Å². The molecular weight excluding hydrogens is 176 g/mol. The molecule has 0 spiro atoms. The molecule has 13 heavy (non-hydrogen) atoms. The molecule has 1 atom stereocenters. The lowest BCUT2D eigenvalue weighted by molar-refractivity contribution is -0.118. The Morgan fingerprint density at radius 3 is 2.46 bits per heavy atom. The number of carbonyl (C=O) groups is 1. The van der Waals surface area contributed by atoms with Gasteiger partial charge in [0.05, 0.1) is 11.5 Å². The predicted molar refractivity (Wildman–Crippen MR) is 42.1 cm³/mol. The second kappa shape index (κ2) is 3.06. The lowest BCUT2D eigenvalue weighted by atomic mass is 9.83. The zero-order valence-electron chi connectivity index (χ0n) is 7.44. The van der Waals surface area contributed by atoms with Crippen molar-refractivity contribution in [3.63, 3.8) is 0 Å². The molecule has 0 saturated heterocycles. The van der Waals surface area contributed by atoms with Crippen LogP contribution < -0.4 is 0 Å². The summed E-state index contributed by atoms with van der Waals surface area (Å²) in [5, 5.41) is 8.76. The number of hydrogen-bond acceptors (Lipinski definition) is 2. The van der Waals surface area contributed by atoms with E-state index in [1.807, 2.05) is 6.07 Å². The molecule has 1 fully saturated rings. The van der Waals surface area contributed by atoms with Gasteiger partial charge in [-0.25, -0.2) is 8.78 Å². The number of hydrogen-bond donors (Lipinski definition) is 0. The zero-order chi connectivity index (χ0) is 10.1. The van der Waals surface area contributed by atoms with E-state index in [0.29, 0.717) is 0 Å². The summed E-state index contributed by atoms with van der Waals surface area (Å²) in [6, 6.07) is 1.86. The predicted octanol–water partition coefficient (Wildman–Crippen LogP) is 2.29. The summed E-state index contributed by atoms with van der Waals surface area (Å²) in [6.07, 6.45) is -0.640. The van der Waals surface area contributed by atoms with Crippen molar-refractivity contribution in [2.45, 2.75) is 38.5 Å². The van der Waals surface area contributed by atoms with Gasteiger partial charge in [-0.1, -0.05) is 0 Å². The van der Waals surface area contributed by atoms with Crippen molar-refractivity contribution in [3.8, 4) is 6.07 Å². The number of Topliss-reactive ketones (excluding diaryl/α,β-unsaturated/α-hetero) is 1. The fraction of sp³-hybridized carbons (Fsp3) is 0.778. The van der Waals surface area contributed by atoms with E-state index >= 15 is 0 Å². The first-order valence-electron chi connectivity index (χ1n) is 4.18. The Hall–Kier alpha value is -0.980. The molecule has 4 heteroatoms. The highest BCUT2D eigenvalue weighted by atomic mass is 19.3. The molecular formula is C9H11F2NO. The third kappa shape index (κ3) is 2.24. The third-order valence-electron chi connectivity index (χ3n) is 2.39. The number of alkyl halides is 2. The van der Waals surface area contributed by atoms with Crippen molar-refractivity contribution in [1.82, 2.24) is 0 Å². The molecule has 2 nitrogen and oxygen atoms in total. The van der Waals surface area contributed by atoms with Gasteiger partial charge in [0, 0.05) is 19.3 Å². The summed E-state index contributed by atoms with van der Waals surface area (Å²) in [5.41, 5.74) is -1.10. The van der Waals surface area contributed by atoms with E-state index in [2.05, 4.69) is 0 Å². The van der Waals surface area contributed by atoms with Crippen molar-refractivity contribution in [2.75, 3.05) is 0 Å². The van der Waals surface area contributed by atoms with Crippen LogP contribution in [0.2, 0.25) is 0 Å². The molecule has 0 aliphatic heterocycles. The summed E-state index contributed by atoms with van der Waals surface area (Å²) in [6.45, 7) is 1.33. The topological polar surface area (TPSA) is 40.9 Å². The first-order valence-corrected chi connectivity index (χ1v) is 4.18. The average molecular weight is 187 g/mol. The van der Waals surface area contributed by atoms with Crippen molar-refractivity contribution in [1.29, 1.82) is 5.26 Å². The summed E-state index contributed by atoms with van der Waals surface area (Å²) in [7, 11) is 0. The number of carbonyl (C=O) groups excluding carboxylic acids is 1. The second-order valence-electron chi connectivity index (χ2n) is 3.80. The summed E-state index contributed by atoms with van der Waals surface area (Å²) in [5.74, 6) is -2.95. The Bertz CT molecular complexity index is 269. The highest BCUT2D eigenvalue weighted by Gasteiger charge is 2.50. The minimum atomic E-state index is -2.76. The van der Waals surface area contributed by atoms with Gasteiger partial charge >= 0.3 is 0 Å². The molecule has 0 aromatic rings. The number of halogens is 2. The molecule has 0 radical (unpaired) electrons. The Kier molecular flexibility index (Phi) is 2.38. The molecule has 0 N–H and O–H groups in total. The van der Waals surface area contributed by atoms with E-state index in [1.165, 1.54) is 6.92 Å². The number of nitriles is 1. The first kappa shape index (κ1) is 10.1. The van der Waals surface area contributed by atoms with Crippen LogP contribution in [0.15, 0.2) is 0 Å². The average Bonchev–Trinajstić information content (AvgIpc) is 2.26. The van der Waals surface area contributed by atoms with Crippen LogP contribution in [0.5, 0.6) is 0 Å². The number of ketones is 1. The van der Waals surface area contributed by atoms with E-state index in [0.717, 1.165) is 0 Å². The normalized spacial score (nSPS) is 31.2. The molecule has 0 aromatic heterocycles. The van der Waals surface area contributed by atoms with Crippen LogP contribution in [0.1, 0.15) is 32.6 Å². The van der Waals surface area contributed by atoms with Gasteiger partial charge < -0.3 is 0 Å². The molecule has 1 unspecified atom stereocenters. The minimum absolute atomic E-state index is 0.0426. The Labute approximate surface area is 75.5 Å². The van der Waals surface area contributed by atoms with Crippen molar-refractivity contribution >= 4 is 5.78 Å². The van der Waals surface area contributed by atoms with E-state index in [4.69, 9.17) is 5.26 Å². The van der Waals surface area contributed by atoms with Crippen LogP contribution in [-0.2, 0) is 4.79 Å². The summed E-state index contributed by atoms with van der Waals surface area (Å²) in [4.78, 5) is 10.8. The smallest absolute Gasteiger partial charge is 0.249 e. The monoisotopic (exact) mass is 187 g/mol. The standard InChI is InChI=1S/C9H11F2NO/c1-7(13)4-8(6-12)2-3-9(10,11)5-8/h2-5H2,1H3. The highest BCUT2D eigenvalue weighted by molar-refractivity contribution is 5.76.